The molecule has 2 aromatic carbocycles. The predicted octanol–water partition coefficient (Wildman–Crippen LogP) is 4.19. The molecule has 0 aromatic heterocycles. The number of aryl methyl sites for hydroxylation is 1. The third-order valence-corrected chi connectivity index (χ3v) is 7.85. The van der Waals surface area contributed by atoms with Crippen LogP contribution in [0.1, 0.15) is 55.7 Å². The van der Waals surface area contributed by atoms with E-state index in [-0.39, 0.29) is 55.0 Å². The summed E-state index contributed by atoms with van der Waals surface area (Å²) in [7, 11) is 0. The van der Waals surface area contributed by atoms with Crippen LogP contribution in [-0.2, 0) is 32.1 Å². The van der Waals surface area contributed by atoms with Gasteiger partial charge in [-0.3, -0.25) is 24.1 Å². The minimum atomic E-state index is -0.729. The van der Waals surface area contributed by atoms with Crippen LogP contribution < -0.4 is 5.32 Å². The number of nitrogens with zero attached hydrogens (tertiary/aromatic N) is 2. The summed E-state index contributed by atoms with van der Waals surface area (Å²) in [5, 5.41) is 3.03. The van der Waals surface area contributed by atoms with Crippen molar-refractivity contribution in [2.45, 2.75) is 65.0 Å². The fraction of sp³-hybridized carbons (Fsp3) is 0.438. The second kappa shape index (κ2) is 13.4. The summed E-state index contributed by atoms with van der Waals surface area (Å²) < 4.78 is 0. The lowest BCUT2D eigenvalue weighted by Gasteiger charge is -2.32. The first kappa shape index (κ1) is 28.3. The summed E-state index contributed by atoms with van der Waals surface area (Å²) in [6.45, 7) is 4.89. The van der Waals surface area contributed by atoms with E-state index < -0.39 is 6.04 Å². The van der Waals surface area contributed by atoms with E-state index >= 15 is 0 Å². The number of amides is 4. The lowest BCUT2D eigenvalue weighted by molar-refractivity contribution is -0.144. The Morgan fingerprint density at radius 2 is 1.62 bits per heavy atom. The van der Waals surface area contributed by atoms with Gasteiger partial charge in [0.15, 0.2) is 0 Å². The van der Waals surface area contributed by atoms with E-state index in [9.17, 15) is 19.2 Å². The Balaban J connectivity index is 1.58. The summed E-state index contributed by atoms with van der Waals surface area (Å²) >= 11 is 0. The highest BCUT2D eigenvalue weighted by molar-refractivity contribution is 6.05. The number of imide groups is 1. The standard InChI is InChI=1S/C32H39N3O4/c1-3-4-19-33-30(37)28(21-24-13-6-5-7-14-24)35(22-25-15-9-8-12-23(25)2)29(36)18-20-34-31(38)26-16-10-11-17-27(26)32(34)39/h5-15,26-28H,3-4,16-22H2,1-2H3,(H,33,37)/t26-,27+,28-/m0/s1. The smallest absolute Gasteiger partial charge is 0.243 e. The molecule has 7 heteroatoms. The summed E-state index contributed by atoms with van der Waals surface area (Å²) in [6, 6.07) is 16.8. The Morgan fingerprint density at radius 3 is 2.26 bits per heavy atom. The predicted molar refractivity (Wildman–Crippen MR) is 150 cm³/mol. The van der Waals surface area contributed by atoms with E-state index in [1.165, 1.54) is 4.90 Å². The maximum atomic E-state index is 13.9. The van der Waals surface area contributed by atoms with Crippen LogP contribution in [0.2, 0.25) is 0 Å². The molecule has 1 aliphatic carbocycles. The molecule has 4 rings (SSSR count). The van der Waals surface area contributed by atoms with E-state index in [1.54, 1.807) is 4.90 Å². The van der Waals surface area contributed by atoms with Gasteiger partial charge in [-0.15, -0.1) is 0 Å². The number of hydrogen-bond acceptors (Lipinski definition) is 4. The van der Waals surface area contributed by atoms with Crippen molar-refractivity contribution >= 4 is 23.6 Å². The normalized spacial score (nSPS) is 19.1. The molecule has 206 valence electrons. The molecule has 1 saturated heterocycles. The van der Waals surface area contributed by atoms with Crippen molar-refractivity contribution in [3.05, 3.63) is 83.4 Å². The Labute approximate surface area is 231 Å². The topological polar surface area (TPSA) is 86.8 Å². The minimum absolute atomic E-state index is 0.0240. The number of allylic oxidation sites excluding steroid dienone is 2. The van der Waals surface area contributed by atoms with Crippen molar-refractivity contribution in [1.82, 2.24) is 15.1 Å². The lowest BCUT2D eigenvalue weighted by atomic mass is 9.85. The maximum absolute atomic E-state index is 13.9. The molecule has 0 unspecified atom stereocenters. The minimum Gasteiger partial charge on any atom is -0.354 e. The first-order valence-corrected chi connectivity index (χ1v) is 14.1. The van der Waals surface area contributed by atoms with Gasteiger partial charge in [0, 0.05) is 32.5 Å². The van der Waals surface area contributed by atoms with Gasteiger partial charge in [-0.1, -0.05) is 80.1 Å². The van der Waals surface area contributed by atoms with Crippen LogP contribution in [0.25, 0.3) is 0 Å². The van der Waals surface area contributed by atoms with Crippen molar-refractivity contribution in [2.75, 3.05) is 13.1 Å². The van der Waals surface area contributed by atoms with Crippen molar-refractivity contribution in [3.8, 4) is 0 Å². The van der Waals surface area contributed by atoms with E-state index in [1.807, 2.05) is 73.7 Å². The molecule has 39 heavy (non-hydrogen) atoms. The van der Waals surface area contributed by atoms with Crippen LogP contribution in [0, 0.1) is 18.8 Å². The highest BCUT2D eigenvalue weighted by Gasteiger charge is 2.47. The van der Waals surface area contributed by atoms with Crippen LogP contribution >= 0.6 is 0 Å². The van der Waals surface area contributed by atoms with Crippen LogP contribution in [0.5, 0.6) is 0 Å². The molecule has 1 N–H and O–H groups in total. The second-order valence-corrected chi connectivity index (χ2v) is 10.5. The monoisotopic (exact) mass is 529 g/mol. The van der Waals surface area contributed by atoms with Crippen molar-refractivity contribution in [2.24, 2.45) is 11.8 Å². The number of hydrogen-bond donors (Lipinski definition) is 1. The van der Waals surface area contributed by atoms with Crippen molar-refractivity contribution in [1.29, 1.82) is 0 Å². The summed E-state index contributed by atoms with van der Waals surface area (Å²) in [6.07, 6.45) is 7.19. The van der Waals surface area contributed by atoms with Crippen LogP contribution in [0.3, 0.4) is 0 Å². The molecular formula is C32H39N3O4. The molecule has 0 bridgehead atoms. The molecule has 2 aliphatic rings. The average molecular weight is 530 g/mol. The first-order valence-electron chi connectivity index (χ1n) is 14.1. The Kier molecular flexibility index (Phi) is 9.69. The number of nitrogens with one attached hydrogen (secondary N) is 1. The van der Waals surface area contributed by atoms with E-state index in [0.29, 0.717) is 25.8 Å². The molecular weight excluding hydrogens is 490 g/mol. The summed E-state index contributed by atoms with van der Waals surface area (Å²) in [5.74, 6) is -1.47. The fourth-order valence-electron chi connectivity index (χ4n) is 5.47. The summed E-state index contributed by atoms with van der Waals surface area (Å²) in [4.78, 5) is 56.3. The lowest BCUT2D eigenvalue weighted by Crippen LogP contribution is -2.51. The quantitative estimate of drug-likeness (QED) is 0.254. The third kappa shape index (κ3) is 6.83. The molecule has 0 saturated carbocycles. The zero-order valence-electron chi connectivity index (χ0n) is 23.0. The second-order valence-electron chi connectivity index (χ2n) is 10.5. The van der Waals surface area contributed by atoms with Crippen LogP contribution in [0.4, 0.5) is 0 Å². The van der Waals surface area contributed by atoms with E-state index in [2.05, 4.69) is 12.2 Å². The van der Waals surface area contributed by atoms with Gasteiger partial charge < -0.3 is 10.2 Å². The molecule has 0 spiro atoms. The number of rotatable bonds is 12. The van der Waals surface area contributed by atoms with Gasteiger partial charge in [0.2, 0.25) is 23.6 Å². The SMILES string of the molecule is CCCCNC(=O)[C@H](Cc1ccccc1)N(Cc1ccccc1C)C(=O)CCN1C(=O)[C@H]2CC=CC[C@H]2C1=O. The van der Waals surface area contributed by atoms with Gasteiger partial charge >= 0.3 is 0 Å². The van der Waals surface area contributed by atoms with Gasteiger partial charge in [-0.05, 0) is 42.9 Å². The number of carbonyl (C=O) groups is 4. The van der Waals surface area contributed by atoms with Gasteiger partial charge in [-0.25, -0.2) is 0 Å². The number of benzene rings is 2. The molecule has 3 atom stereocenters. The average Bonchev–Trinajstić information content (AvgIpc) is 3.20. The van der Waals surface area contributed by atoms with Crippen molar-refractivity contribution < 1.29 is 19.2 Å². The largest absolute Gasteiger partial charge is 0.354 e. The Bertz CT molecular complexity index is 1180. The van der Waals surface area contributed by atoms with Gasteiger partial charge in [0.05, 0.1) is 11.8 Å². The van der Waals surface area contributed by atoms with Crippen LogP contribution in [0.15, 0.2) is 66.7 Å². The fourth-order valence-corrected chi connectivity index (χ4v) is 5.47. The molecule has 0 radical (unpaired) electrons. The molecule has 1 aliphatic heterocycles. The van der Waals surface area contributed by atoms with Gasteiger partial charge in [0.1, 0.15) is 6.04 Å². The number of likely N-dealkylation sites (tertiary alicyclic amines) is 1. The molecule has 1 fully saturated rings. The summed E-state index contributed by atoms with van der Waals surface area (Å²) in [5.41, 5.74) is 2.94. The Hall–Kier alpha value is -3.74. The zero-order valence-corrected chi connectivity index (χ0v) is 23.0. The number of fused-ring (bicyclic) bond motifs is 1. The first-order chi connectivity index (χ1) is 18.9. The Morgan fingerprint density at radius 1 is 0.974 bits per heavy atom. The number of carbonyl (C=O) groups excluding carboxylic acids is 4. The molecule has 4 amide bonds. The number of unbranched alkanes of at least 4 members (excludes halogenated alkanes) is 1. The van der Waals surface area contributed by atoms with E-state index in [4.69, 9.17) is 0 Å². The van der Waals surface area contributed by atoms with Crippen molar-refractivity contribution in [3.63, 3.8) is 0 Å². The third-order valence-electron chi connectivity index (χ3n) is 7.85. The maximum Gasteiger partial charge on any atom is 0.243 e. The highest BCUT2D eigenvalue weighted by Crippen LogP contribution is 2.35. The van der Waals surface area contributed by atoms with Gasteiger partial charge in [0.25, 0.3) is 0 Å². The van der Waals surface area contributed by atoms with Crippen LogP contribution in [-0.4, -0.2) is 52.6 Å². The molecule has 2 aromatic rings. The van der Waals surface area contributed by atoms with Gasteiger partial charge in [-0.2, -0.15) is 0 Å². The molecule has 1 heterocycles. The highest BCUT2D eigenvalue weighted by atomic mass is 16.2. The molecule has 7 nitrogen and oxygen atoms in total. The zero-order chi connectivity index (χ0) is 27.8. The van der Waals surface area contributed by atoms with E-state index in [0.717, 1.165) is 29.5 Å².